The van der Waals surface area contributed by atoms with Crippen molar-refractivity contribution in [1.29, 1.82) is 5.26 Å². The third-order valence-electron chi connectivity index (χ3n) is 4.71. The lowest BCUT2D eigenvalue weighted by Crippen LogP contribution is -2.30. The first kappa shape index (κ1) is 15.2. The summed E-state index contributed by atoms with van der Waals surface area (Å²) in [6, 6.07) is 19.5. The quantitative estimate of drug-likeness (QED) is 0.681. The van der Waals surface area contributed by atoms with Crippen LogP contribution in [0.3, 0.4) is 0 Å². The topological polar surface area (TPSA) is 49.0 Å². The number of nitrogens with zero attached hydrogens (tertiary/aromatic N) is 3. The number of nitriles is 1. The summed E-state index contributed by atoms with van der Waals surface area (Å²) in [5, 5.41) is 9.10. The molecule has 2 heterocycles. The van der Waals surface area contributed by atoms with Crippen molar-refractivity contribution in [3.63, 3.8) is 0 Å². The Morgan fingerprint density at radius 1 is 1.08 bits per heavy atom. The second kappa shape index (κ2) is 5.95. The molecule has 1 aromatic heterocycles. The van der Waals surface area contributed by atoms with Crippen LogP contribution in [0.4, 0.5) is 5.69 Å². The van der Waals surface area contributed by atoms with E-state index in [0.29, 0.717) is 17.7 Å². The molecule has 0 unspecified atom stereocenters. The third kappa shape index (κ3) is 2.60. The Balaban J connectivity index is 1.80. The number of hydrogen-bond donors (Lipinski definition) is 0. The van der Waals surface area contributed by atoms with Gasteiger partial charge in [0.15, 0.2) is 0 Å². The Bertz CT molecular complexity index is 1010. The Morgan fingerprint density at radius 3 is 2.72 bits per heavy atom. The van der Waals surface area contributed by atoms with Gasteiger partial charge in [0, 0.05) is 29.7 Å². The molecule has 3 aromatic rings. The van der Waals surface area contributed by atoms with Crippen molar-refractivity contribution < 1.29 is 4.79 Å². The van der Waals surface area contributed by atoms with Gasteiger partial charge >= 0.3 is 0 Å². The van der Waals surface area contributed by atoms with E-state index in [9.17, 15) is 4.79 Å². The van der Waals surface area contributed by atoms with Crippen LogP contribution in [0.25, 0.3) is 0 Å². The zero-order valence-corrected chi connectivity index (χ0v) is 13.9. The van der Waals surface area contributed by atoms with E-state index >= 15 is 0 Å². The largest absolute Gasteiger partial charge is 0.345 e. The van der Waals surface area contributed by atoms with Crippen molar-refractivity contribution in [2.24, 2.45) is 0 Å². The van der Waals surface area contributed by atoms with E-state index in [1.165, 1.54) is 0 Å². The molecule has 0 aliphatic carbocycles. The van der Waals surface area contributed by atoms with Crippen LogP contribution in [-0.4, -0.2) is 10.5 Å². The molecule has 0 radical (unpaired) electrons. The molecule has 1 amide bonds. The van der Waals surface area contributed by atoms with E-state index in [1.54, 1.807) is 18.2 Å². The first-order chi connectivity index (χ1) is 12.2. The number of benzene rings is 2. The van der Waals surface area contributed by atoms with E-state index < -0.39 is 0 Å². The zero-order valence-electron chi connectivity index (χ0n) is 13.9. The molecular formula is C21H17N3O. The summed E-state index contributed by atoms with van der Waals surface area (Å²) in [5.74, 6) is -0.0466. The predicted molar refractivity (Wildman–Crippen MR) is 96.4 cm³/mol. The molecule has 0 N–H and O–H groups in total. The fourth-order valence-corrected chi connectivity index (χ4v) is 3.34. The number of carbonyl (C=O) groups is 1. The average Bonchev–Trinajstić information content (AvgIpc) is 3.00. The van der Waals surface area contributed by atoms with Gasteiger partial charge in [-0.3, -0.25) is 4.79 Å². The molecule has 0 fully saturated rings. The molecule has 122 valence electrons. The zero-order chi connectivity index (χ0) is 17.4. The van der Waals surface area contributed by atoms with Gasteiger partial charge < -0.3 is 9.47 Å². The minimum atomic E-state index is -0.0466. The molecule has 2 aromatic carbocycles. The first-order valence-corrected chi connectivity index (χ1v) is 8.22. The smallest absolute Gasteiger partial charge is 0.258 e. The van der Waals surface area contributed by atoms with Crippen molar-refractivity contribution >= 4 is 11.6 Å². The molecule has 1 aliphatic rings. The minimum Gasteiger partial charge on any atom is -0.345 e. The maximum atomic E-state index is 13.2. The van der Waals surface area contributed by atoms with Crippen molar-refractivity contribution in [2.75, 3.05) is 4.90 Å². The molecule has 0 bridgehead atoms. The molecule has 4 rings (SSSR count). The molecule has 25 heavy (non-hydrogen) atoms. The second-order valence-corrected chi connectivity index (χ2v) is 6.29. The number of hydrogen-bond acceptors (Lipinski definition) is 2. The molecular weight excluding hydrogens is 310 g/mol. The molecule has 4 heteroatoms. The Morgan fingerprint density at radius 2 is 1.92 bits per heavy atom. The summed E-state index contributed by atoms with van der Waals surface area (Å²) >= 11 is 0. The van der Waals surface area contributed by atoms with Gasteiger partial charge in [-0.25, -0.2) is 0 Å². The Kier molecular flexibility index (Phi) is 3.62. The van der Waals surface area contributed by atoms with Gasteiger partial charge in [0.2, 0.25) is 0 Å². The molecule has 0 saturated heterocycles. The van der Waals surface area contributed by atoms with Crippen LogP contribution in [0, 0.1) is 18.3 Å². The molecule has 0 spiro atoms. The predicted octanol–water partition coefficient (Wildman–Crippen LogP) is 3.88. The summed E-state index contributed by atoms with van der Waals surface area (Å²) in [4.78, 5) is 15.1. The minimum absolute atomic E-state index is 0.0466. The number of aromatic nitrogens is 1. The summed E-state index contributed by atoms with van der Waals surface area (Å²) in [6.45, 7) is 3.15. The normalized spacial score (nSPS) is 12.7. The number of rotatable bonds is 1. The van der Waals surface area contributed by atoms with Crippen molar-refractivity contribution in [3.05, 3.63) is 88.7 Å². The van der Waals surface area contributed by atoms with Gasteiger partial charge in [0.05, 0.1) is 18.2 Å². The first-order valence-electron chi connectivity index (χ1n) is 8.22. The highest BCUT2D eigenvalue weighted by Gasteiger charge is 2.24. The van der Waals surface area contributed by atoms with Crippen LogP contribution in [0.1, 0.15) is 32.7 Å². The van der Waals surface area contributed by atoms with E-state index in [0.717, 1.165) is 29.1 Å². The highest BCUT2D eigenvalue weighted by Crippen LogP contribution is 2.29. The molecule has 0 atom stereocenters. The van der Waals surface area contributed by atoms with Crippen LogP contribution >= 0.6 is 0 Å². The molecule has 0 saturated carbocycles. The van der Waals surface area contributed by atoms with Gasteiger partial charge in [-0.1, -0.05) is 18.2 Å². The Hall–Kier alpha value is -3.32. The van der Waals surface area contributed by atoms with Crippen molar-refractivity contribution in [1.82, 2.24) is 4.57 Å². The lowest BCUT2D eigenvalue weighted by atomic mass is 10.0. The highest BCUT2D eigenvalue weighted by molar-refractivity contribution is 6.06. The lowest BCUT2D eigenvalue weighted by molar-refractivity contribution is 0.0985. The summed E-state index contributed by atoms with van der Waals surface area (Å²) in [6.07, 6.45) is 2.05. The molecule has 4 nitrogen and oxygen atoms in total. The number of aryl methyl sites for hydroxylation is 1. The molecule has 1 aliphatic heterocycles. The van der Waals surface area contributed by atoms with Crippen molar-refractivity contribution in [2.45, 2.75) is 20.0 Å². The summed E-state index contributed by atoms with van der Waals surface area (Å²) in [7, 11) is 0. The maximum Gasteiger partial charge on any atom is 0.258 e. The van der Waals surface area contributed by atoms with Gasteiger partial charge in [0.25, 0.3) is 5.91 Å². The van der Waals surface area contributed by atoms with Gasteiger partial charge in [-0.15, -0.1) is 0 Å². The van der Waals surface area contributed by atoms with Crippen LogP contribution in [0.2, 0.25) is 0 Å². The maximum absolute atomic E-state index is 13.2. The number of fused-ring (bicyclic) bond motifs is 2. The van der Waals surface area contributed by atoms with E-state index in [4.69, 9.17) is 5.26 Å². The fourth-order valence-electron chi connectivity index (χ4n) is 3.34. The summed E-state index contributed by atoms with van der Waals surface area (Å²) in [5.41, 5.74) is 5.19. The highest BCUT2D eigenvalue weighted by atomic mass is 16.2. The van der Waals surface area contributed by atoms with Crippen LogP contribution in [0.15, 0.2) is 60.8 Å². The van der Waals surface area contributed by atoms with E-state index in [2.05, 4.69) is 22.8 Å². The standard InChI is InChI=1S/C21H17N3O/c1-15-11-16(8-9-17(15)12-22)21(25)24-14-19-6-4-10-23(19)13-18-5-2-3-7-20(18)24/h2-11H,13-14H2,1H3. The van der Waals surface area contributed by atoms with E-state index in [-0.39, 0.29) is 5.91 Å². The lowest BCUT2D eigenvalue weighted by Gasteiger charge is -2.23. The van der Waals surface area contributed by atoms with Crippen LogP contribution in [0.5, 0.6) is 0 Å². The van der Waals surface area contributed by atoms with Crippen LogP contribution in [-0.2, 0) is 13.1 Å². The average molecular weight is 327 g/mol. The third-order valence-corrected chi connectivity index (χ3v) is 4.71. The number of anilines is 1. The van der Waals surface area contributed by atoms with E-state index in [1.807, 2.05) is 42.3 Å². The number of carbonyl (C=O) groups excluding carboxylic acids is 1. The van der Waals surface area contributed by atoms with Gasteiger partial charge in [-0.05, 0) is 54.4 Å². The SMILES string of the molecule is Cc1cc(C(=O)N2Cc3cccn3Cc3ccccc32)ccc1C#N. The number of para-hydroxylation sites is 1. The van der Waals surface area contributed by atoms with Crippen LogP contribution < -0.4 is 4.90 Å². The monoisotopic (exact) mass is 327 g/mol. The van der Waals surface area contributed by atoms with Crippen molar-refractivity contribution in [3.8, 4) is 6.07 Å². The second-order valence-electron chi connectivity index (χ2n) is 6.29. The number of amides is 1. The summed E-state index contributed by atoms with van der Waals surface area (Å²) < 4.78 is 2.18. The Labute approximate surface area is 146 Å². The van der Waals surface area contributed by atoms with Gasteiger partial charge in [-0.2, -0.15) is 5.26 Å². The van der Waals surface area contributed by atoms with Gasteiger partial charge in [0.1, 0.15) is 0 Å². The fraction of sp³-hybridized carbons (Fsp3) is 0.143.